The normalized spacial score (nSPS) is 12.7. The number of carbonyl (C=O) groups excluding carboxylic acids is 1. The molecule has 0 bridgehead atoms. The minimum atomic E-state index is -5.08. The molecule has 0 aliphatic heterocycles. The smallest absolute Gasteiger partial charge is 0.396 e. The van der Waals surface area contributed by atoms with Crippen LogP contribution in [0.3, 0.4) is 0 Å². The lowest BCUT2D eigenvalue weighted by Crippen LogP contribution is -2.31. The van der Waals surface area contributed by atoms with E-state index in [1.807, 2.05) is 30.3 Å². The van der Waals surface area contributed by atoms with E-state index in [2.05, 4.69) is 15.4 Å². The quantitative estimate of drug-likeness (QED) is 0.277. The van der Waals surface area contributed by atoms with Gasteiger partial charge in [-0.15, -0.1) is 0 Å². The number of benzene rings is 3. The van der Waals surface area contributed by atoms with Gasteiger partial charge < -0.3 is 15.4 Å². The van der Waals surface area contributed by atoms with E-state index >= 15 is 0 Å². The van der Waals surface area contributed by atoms with Gasteiger partial charge in [0.2, 0.25) is 0 Å². The first kappa shape index (κ1) is 25.2. The van der Waals surface area contributed by atoms with E-state index in [0.29, 0.717) is 11.1 Å². The molecule has 3 aromatic carbocycles. The van der Waals surface area contributed by atoms with Crippen molar-refractivity contribution in [1.29, 1.82) is 0 Å². The highest BCUT2D eigenvalue weighted by Crippen LogP contribution is 2.35. The molecule has 0 aliphatic carbocycles. The van der Waals surface area contributed by atoms with Gasteiger partial charge in [-0.1, -0.05) is 48.5 Å². The van der Waals surface area contributed by atoms with Gasteiger partial charge in [-0.2, -0.15) is 18.3 Å². The number of aliphatic hydroxyl groups is 1. The number of carbonyl (C=O) groups is 1. The molecule has 5 aromatic rings. The summed E-state index contributed by atoms with van der Waals surface area (Å²) >= 11 is 0. The van der Waals surface area contributed by atoms with Gasteiger partial charge in [0.1, 0.15) is 16.9 Å². The van der Waals surface area contributed by atoms with E-state index in [9.17, 15) is 32.3 Å². The average Bonchev–Trinajstić information content (AvgIpc) is 3.30. The second-order valence-corrected chi connectivity index (χ2v) is 8.66. The summed E-state index contributed by atoms with van der Waals surface area (Å²) in [5, 5.41) is 17.5. The summed E-state index contributed by atoms with van der Waals surface area (Å²) in [6.45, 7) is -0.394. The van der Waals surface area contributed by atoms with Crippen LogP contribution in [-0.2, 0) is 6.18 Å². The van der Waals surface area contributed by atoms with Gasteiger partial charge in [0, 0.05) is 12.2 Å². The number of halogens is 4. The first-order valence-electron chi connectivity index (χ1n) is 11.5. The number of aliphatic hydroxyl groups excluding tert-OH is 1. The molecular weight excluding hydrogens is 504 g/mol. The van der Waals surface area contributed by atoms with Crippen molar-refractivity contribution in [1.82, 2.24) is 19.9 Å². The number of H-pyrrole nitrogens is 1. The Morgan fingerprint density at radius 1 is 1.05 bits per heavy atom. The molecule has 11 heteroatoms. The summed E-state index contributed by atoms with van der Waals surface area (Å²) in [6, 6.07) is 16.8. The molecule has 38 heavy (non-hydrogen) atoms. The van der Waals surface area contributed by atoms with Crippen molar-refractivity contribution in [2.75, 3.05) is 6.61 Å². The Bertz CT molecular complexity index is 1710. The molecule has 3 N–H and O–H groups in total. The lowest BCUT2D eigenvalue weighted by molar-refractivity contribution is -0.136. The van der Waals surface area contributed by atoms with Crippen LogP contribution >= 0.6 is 0 Å². The summed E-state index contributed by atoms with van der Waals surface area (Å²) in [4.78, 5) is 28.4. The van der Waals surface area contributed by atoms with Crippen molar-refractivity contribution >= 4 is 22.2 Å². The Morgan fingerprint density at radius 2 is 1.76 bits per heavy atom. The van der Waals surface area contributed by atoms with Gasteiger partial charge in [-0.3, -0.25) is 9.59 Å². The van der Waals surface area contributed by atoms with Crippen LogP contribution in [0.15, 0.2) is 77.7 Å². The number of aromatic amines is 1. The molecule has 0 saturated heterocycles. The number of rotatable bonds is 6. The van der Waals surface area contributed by atoms with Crippen molar-refractivity contribution in [3.63, 3.8) is 0 Å². The van der Waals surface area contributed by atoms with E-state index in [1.54, 1.807) is 12.1 Å². The number of fused-ring (bicyclic) bond motifs is 2. The number of aromatic nitrogens is 3. The molecule has 2 heterocycles. The van der Waals surface area contributed by atoms with Crippen molar-refractivity contribution in [2.24, 2.45) is 0 Å². The number of hydrogen-bond acceptors (Lipinski definition) is 4. The standard InChI is InChI=1S/C27H20F4N4O3/c28-19-9-7-16(8-10-19)20(11-12-36)32-25(37)23-22(27(29,30)31)24-26(38)33-21(14-35(24)34-23)18-6-5-15-3-1-2-4-17(15)13-18/h1-10,13-14,20,36H,11-12H2,(H,32,37)(H,33,38). The van der Waals surface area contributed by atoms with Gasteiger partial charge >= 0.3 is 6.18 Å². The summed E-state index contributed by atoms with van der Waals surface area (Å²) in [6.07, 6.45) is -3.90. The van der Waals surface area contributed by atoms with Crippen molar-refractivity contribution in [3.05, 3.63) is 106 Å². The van der Waals surface area contributed by atoms with Gasteiger partial charge in [-0.05, 0) is 41.0 Å². The molecule has 1 amide bonds. The van der Waals surface area contributed by atoms with E-state index in [0.717, 1.165) is 27.4 Å². The summed E-state index contributed by atoms with van der Waals surface area (Å²) in [5.41, 5.74) is -3.25. The van der Waals surface area contributed by atoms with Crippen LogP contribution in [0.1, 0.15) is 34.1 Å². The molecule has 1 unspecified atom stereocenters. The predicted octanol–water partition coefficient (Wildman–Crippen LogP) is 4.85. The zero-order chi connectivity index (χ0) is 27.0. The minimum absolute atomic E-state index is 0.0429. The van der Waals surface area contributed by atoms with Gasteiger partial charge in [0.15, 0.2) is 5.69 Å². The lowest BCUT2D eigenvalue weighted by atomic mass is 10.0. The Kier molecular flexibility index (Phi) is 6.45. The van der Waals surface area contributed by atoms with E-state index in [-0.39, 0.29) is 12.1 Å². The highest BCUT2D eigenvalue weighted by atomic mass is 19.4. The van der Waals surface area contributed by atoms with Crippen molar-refractivity contribution in [3.8, 4) is 11.3 Å². The molecule has 0 aliphatic rings. The maximum atomic E-state index is 14.1. The fraction of sp³-hybridized carbons (Fsp3) is 0.148. The van der Waals surface area contributed by atoms with Crippen molar-refractivity contribution in [2.45, 2.75) is 18.6 Å². The number of hydrogen-bond donors (Lipinski definition) is 3. The molecule has 194 valence electrons. The molecule has 1 atom stereocenters. The molecule has 0 fully saturated rings. The van der Waals surface area contributed by atoms with Crippen LogP contribution < -0.4 is 10.9 Å². The Labute approximate surface area is 212 Å². The van der Waals surface area contributed by atoms with Crippen LogP contribution in [0.2, 0.25) is 0 Å². The zero-order valence-electron chi connectivity index (χ0n) is 19.6. The van der Waals surface area contributed by atoms with Crippen LogP contribution in [0.5, 0.6) is 0 Å². The van der Waals surface area contributed by atoms with Crippen molar-refractivity contribution < 1.29 is 27.5 Å². The largest absolute Gasteiger partial charge is 0.421 e. The van der Waals surface area contributed by atoms with E-state index < -0.39 is 52.9 Å². The topological polar surface area (TPSA) is 99.5 Å². The van der Waals surface area contributed by atoms with Crippen LogP contribution in [-0.4, -0.2) is 32.2 Å². The fourth-order valence-electron chi connectivity index (χ4n) is 4.39. The number of amides is 1. The number of nitrogens with zero attached hydrogens (tertiary/aromatic N) is 2. The summed E-state index contributed by atoms with van der Waals surface area (Å²) in [7, 11) is 0. The number of nitrogens with one attached hydrogen (secondary N) is 2. The third-order valence-corrected chi connectivity index (χ3v) is 6.18. The average molecular weight is 524 g/mol. The maximum Gasteiger partial charge on any atom is 0.421 e. The zero-order valence-corrected chi connectivity index (χ0v) is 19.6. The second kappa shape index (κ2) is 9.75. The minimum Gasteiger partial charge on any atom is -0.396 e. The summed E-state index contributed by atoms with van der Waals surface area (Å²) < 4.78 is 56.5. The lowest BCUT2D eigenvalue weighted by Gasteiger charge is -2.18. The molecule has 2 aromatic heterocycles. The first-order chi connectivity index (χ1) is 18.2. The molecule has 0 radical (unpaired) electrons. The molecule has 0 saturated carbocycles. The Balaban J connectivity index is 1.59. The van der Waals surface area contributed by atoms with Gasteiger partial charge in [0.05, 0.1) is 17.9 Å². The first-order valence-corrected chi connectivity index (χ1v) is 11.5. The monoisotopic (exact) mass is 524 g/mol. The van der Waals surface area contributed by atoms with Crippen LogP contribution in [0.25, 0.3) is 27.5 Å². The molecule has 5 rings (SSSR count). The van der Waals surface area contributed by atoms with E-state index in [4.69, 9.17) is 0 Å². The highest BCUT2D eigenvalue weighted by Gasteiger charge is 2.42. The fourth-order valence-corrected chi connectivity index (χ4v) is 4.39. The van der Waals surface area contributed by atoms with Gasteiger partial charge in [-0.25, -0.2) is 8.91 Å². The number of alkyl halides is 3. The third-order valence-electron chi connectivity index (χ3n) is 6.18. The molecule has 7 nitrogen and oxygen atoms in total. The third kappa shape index (κ3) is 4.75. The predicted molar refractivity (Wildman–Crippen MR) is 132 cm³/mol. The highest BCUT2D eigenvalue weighted by molar-refractivity contribution is 5.96. The summed E-state index contributed by atoms with van der Waals surface area (Å²) in [5.74, 6) is -1.74. The Hall–Kier alpha value is -4.51. The molecular formula is C27H20F4N4O3. The Morgan fingerprint density at radius 3 is 2.45 bits per heavy atom. The molecule has 0 spiro atoms. The SMILES string of the molecule is O=C(NC(CCO)c1ccc(F)cc1)c1nn2cc(-c3ccc4ccccc4c3)[nH]c(=O)c2c1C(F)(F)F. The van der Waals surface area contributed by atoms with Gasteiger partial charge in [0.25, 0.3) is 11.5 Å². The maximum absolute atomic E-state index is 14.1. The van der Waals surface area contributed by atoms with E-state index in [1.165, 1.54) is 18.3 Å². The van der Waals surface area contributed by atoms with Crippen LogP contribution in [0.4, 0.5) is 17.6 Å². The van der Waals surface area contributed by atoms with Crippen LogP contribution in [0, 0.1) is 5.82 Å². The second-order valence-electron chi connectivity index (χ2n) is 8.66.